The average molecular weight is 430 g/mol. The van der Waals surface area contributed by atoms with Gasteiger partial charge in [-0.1, -0.05) is 0 Å². The normalized spacial score (nSPS) is 15.7. The van der Waals surface area contributed by atoms with Gasteiger partial charge in [-0.25, -0.2) is 13.2 Å². The number of pyridine rings is 1. The summed E-state index contributed by atoms with van der Waals surface area (Å²) < 4.78 is 47.7. The van der Waals surface area contributed by atoms with E-state index in [1.807, 2.05) is 6.92 Å². The molecule has 0 saturated heterocycles. The third-order valence-electron chi connectivity index (χ3n) is 5.69. The fraction of sp³-hybridized carbons (Fsp3) is 0.318. The summed E-state index contributed by atoms with van der Waals surface area (Å²) >= 11 is 0. The van der Waals surface area contributed by atoms with Crippen molar-refractivity contribution in [2.75, 3.05) is 13.7 Å². The number of nitrogens with zero attached hydrogens (tertiary/aromatic N) is 4. The van der Waals surface area contributed by atoms with Gasteiger partial charge in [0.1, 0.15) is 5.75 Å². The second kappa shape index (κ2) is 7.72. The SMILES string of the molecule is COc1cnc(C)c(C(=O)N2CCc3c(nn(C)c3-c3cc(F)c(F)c(F)c3)[C@@H]2C)c1. The van der Waals surface area contributed by atoms with E-state index in [4.69, 9.17) is 4.74 Å². The van der Waals surface area contributed by atoms with Gasteiger partial charge in [-0.2, -0.15) is 5.10 Å². The van der Waals surface area contributed by atoms with Crippen LogP contribution < -0.4 is 4.74 Å². The lowest BCUT2D eigenvalue weighted by molar-refractivity contribution is 0.0672. The standard InChI is InChI=1S/C22H21F3N4O2/c1-11-16(9-14(31-4)10-26-11)22(30)29-6-5-15-20(12(29)2)27-28(3)21(15)13-7-17(23)19(25)18(24)8-13/h7-10,12H,5-6H2,1-4H3/t12-/m0/s1. The van der Waals surface area contributed by atoms with Crippen LogP contribution in [0.4, 0.5) is 13.2 Å². The van der Waals surface area contributed by atoms with Gasteiger partial charge >= 0.3 is 0 Å². The fourth-order valence-electron chi connectivity index (χ4n) is 4.07. The van der Waals surface area contributed by atoms with Crippen molar-refractivity contribution in [3.8, 4) is 17.0 Å². The second-order valence-corrected chi connectivity index (χ2v) is 7.52. The van der Waals surface area contributed by atoms with E-state index in [2.05, 4.69) is 10.1 Å². The highest BCUT2D eigenvalue weighted by molar-refractivity contribution is 5.96. The number of methoxy groups -OCH3 is 1. The summed E-state index contributed by atoms with van der Waals surface area (Å²) in [6, 6.07) is 3.20. The zero-order valence-electron chi connectivity index (χ0n) is 17.5. The summed E-state index contributed by atoms with van der Waals surface area (Å²) in [6.45, 7) is 3.99. The monoisotopic (exact) mass is 430 g/mol. The van der Waals surface area contributed by atoms with E-state index in [0.29, 0.717) is 41.4 Å². The fourth-order valence-corrected chi connectivity index (χ4v) is 4.07. The first-order chi connectivity index (χ1) is 14.7. The van der Waals surface area contributed by atoms with Gasteiger partial charge in [0, 0.05) is 24.7 Å². The molecular weight excluding hydrogens is 409 g/mol. The quantitative estimate of drug-likeness (QED) is 0.590. The van der Waals surface area contributed by atoms with E-state index in [0.717, 1.165) is 17.7 Å². The van der Waals surface area contributed by atoms with Crippen molar-refractivity contribution in [3.05, 3.63) is 64.4 Å². The summed E-state index contributed by atoms with van der Waals surface area (Å²) in [6.07, 6.45) is 1.99. The van der Waals surface area contributed by atoms with Crippen LogP contribution in [-0.2, 0) is 13.5 Å². The van der Waals surface area contributed by atoms with Crippen LogP contribution in [0.5, 0.6) is 5.75 Å². The number of aryl methyl sites for hydroxylation is 2. The van der Waals surface area contributed by atoms with Crippen LogP contribution >= 0.6 is 0 Å². The Morgan fingerprint density at radius 2 is 1.87 bits per heavy atom. The Balaban J connectivity index is 1.72. The highest BCUT2D eigenvalue weighted by Crippen LogP contribution is 2.37. The summed E-state index contributed by atoms with van der Waals surface area (Å²) in [7, 11) is 3.16. The van der Waals surface area contributed by atoms with Crippen LogP contribution in [0.1, 0.15) is 40.3 Å². The maximum atomic E-state index is 13.8. The molecule has 0 spiro atoms. The molecule has 9 heteroatoms. The molecule has 0 bridgehead atoms. The largest absolute Gasteiger partial charge is 0.495 e. The van der Waals surface area contributed by atoms with E-state index in [9.17, 15) is 18.0 Å². The van der Waals surface area contributed by atoms with Gasteiger partial charge < -0.3 is 9.64 Å². The number of ether oxygens (including phenoxy) is 1. The van der Waals surface area contributed by atoms with E-state index in [1.54, 1.807) is 31.1 Å². The van der Waals surface area contributed by atoms with Gasteiger partial charge in [-0.15, -0.1) is 0 Å². The topological polar surface area (TPSA) is 60.2 Å². The lowest BCUT2D eigenvalue weighted by atomic mass is 9.95. The van der Waals surface area contributed by atoms with Crippen LogP contribution in [0, 0.1) is 24.4 Å². The van der Waals surface area contributed by atoms with Gasteiger partial charge in [0.2, 0.25) is 0 Å². The maximum Gasteiger partial charge on any atom is 0.256 e. The minimum absolute atomic E-state index is 0.201. The molecule has 1 aliphatic heterocycles. The number of rotatable bonds is 3. The molecule has 0 unspecified atom stereocenters. The van der Waals surface area contributed by atoms with E-state index >= 15 is 0 Å². The van der Waals surface area contributed by atoms with Crippen LogP contribution in [0.2, 0.25) is 0 Å². The van der Waals surface area contributed by atoms with Crippen molar-refractivity contribution in [2.24, 2.45) is 7.05 Å². The molecule has 0 aliphatic carbocycles. The zero-order chi connectivity index (χ0) is 22.4. The molecule has 2 aromatic heterocycles. The van der Waals surface area contributed by atoms with E-state index in [-0.39, 0.29) is 17.5 Å². The van der Waals surface area contributed by atoms with Gasteiger partial charge in [-0.3, -0.25) is 14.5 Å². The number of hydrogen-bond donors (Lipinski definition) is 0. The molecule has 1 aromatic carbocycles. The average Bonchev–Trinajstić information content (AvgIpc) is 3.08. The van der Waals surface area contributed by atoms with Crippen molar-refractivity contribution in [2.45, 2.75) is 26.3 Å². The summed E-state index contributed by atoms with van der Waals surface area (Å²) in [5, 5.41) is 4.52. The van der Waals surface area contributed by atoms with Gasteiger partial charge in [0.25, 0.3) is 5.91 Å². The Hall–Kier alpha value is -3.36. The first-order valence-corrected chi connectivity index (χ1v) is 9.75. The van der Waals surface area contributed by atoms with Crippen molar-refractivity contribution in [1.29, 1.82) is 0 Å². The maximum absolute atomic E-state index is 13.8. The smallest absolute Gasteiger partial charge is 0.256 e. The lowest BCUT2D eigenvalue weighted by Gasteiger charge is -2.33. The Bertz CT molecular complexity index is 1170. The Kier molecular flexibility index (Phi) is 5.20. The lowest BCUT2D eigenvalue weighted by Crippen LogP contribution is -2.39. The van der Waals surface area contributed by atoms with Gasteiger partial charge in [-0.05, 0) is 38.5 Å². The number of halogens is 3. The molecule has 1 amide bonds. The van der Waals surface area contributed by atoms with Crippen molar-refractivity contribution in [1.82, 2.24) is 19.7 Å². The third-order valence-corrected chi connectivity index (χ3v) is 5.69. The number of carbonyl (C=O) groups is 1. The highest BCUT2D eigenvalue weighted by Gasteiger charge is 2.34. The molecule has 3 heterocycles. The number of aromatic nitrogens is 3. The zero-order valence-corrected chi connectivity index (χ0v) is 17.5. The Morgan fingerprint density at radius 3 is 2.52 bits per heavy atom. The molecule has 1 aliphatic rings. The Labute approximate surface area is 177 Å². The molecule has 0 radical (unpaired) electrons. The summed E-state index contributed by atoms with van der Waals surface area (Å²) in [4.78, 5) is 19.2. The second-order valence-electron chi connectivity index (χ2n) is 7.52. The van der Waals surface area contributed by atoms with E-state index in [1.165, 1.54) is 11.8 Å². The molecule has 1 atom stereocenters. The number of benzene rings is 1. The van der Waals surface area contributed by atoms with Gasteiger partial charge in [0.15, 0.2) is 17.5 Å². The van der Waals surface area contributed by atoms with Crippen molar-refractivity contribution in [3.63, 3.8) is 0 Å². The highest BCUT2D eigenvalue weighted by atomic mass is 19.2. The molecule has 0 saturated carbocycles. The van der Waals surface area contributed by atoms with Crippen molar-refractivity contribution < 1.29 is 22.7 Å². The first-order valence-electron chi connectivity index (χ1n) is 9.75. The summed E-state index contributed by atoms with van der Waals surface area (Å²) in [5.74, 6) is -3.74. The Morgan fingerprint density at radius 1 is 1.19 bits per heavy atom. The number of carbonyl (C=O) groups excluding carboxylic acids is 1. The van der Waals surface area contributed by atoms with Crippen LogP contribution in [0.3, 0.4) is 0 Å². The third kappa shape index (κ3) is 3.43. The number of fused-ring (bicyclic) bond motifs is 1. The molecular formula is C22H21F3N4O2. The first kappa shape index (κ1) is 20.9. The predicted molar refractivity (Wildman–Crippen MR) is 107 cm³/mol. The summed E-state index contributed by atoms with van der Waals surface area (Å²) in [5.41, 5.74) is 3.15. The van der Waals surface area contributed by atoms with Gasteiger partial charge in [0.05, 0.1) is 42.0 Å². The van der Waals surface area contributed by atoms with Crippen LogP contribution in [0.15, 0.2) is 24.4 Å². The molecule has 31 heavy (non-hydrogen) atoms. The van der Waals surface area contributed by atoms with Crippen LogP contribution in [-0.4, -0.2) is 39.2 Å². The number of amides is 1. The van der Waals surface area contributed by atoms with E-state index < -0.39 is 17.5 Å². The molecule has 0 fully saturated rings. The molecule has 162 valence electrons. The molecule has 3 aromatic rings. The minimum atomic E-state index is -1.51. The number of hydrogen-bond acceptors (Lipinski definition) is 4. The predicted octanol–water partition coefficient (Wildman–Crippen LogP) is 3.98. The molecule has 4 rings (SSSR count). The minimum Gasteiger partial charge on any atom is -0.495 e. The van der Waals surface area contributed by atoms with Crippen molar-refractivity contribution >= 4 is 5.91 Å². The molecule has 0 N–H and O–H groups in total. The van der Waals surface area contributed by atoms with Crippen LogP contribution in [0.25, 0.3) is 11.3 Å². The molecule has 6 nitrogen and oxygen atoms in total.